The van der Waals surface area contributed by atoms with Gasteiger partial charge in [-0.25, -0.2) is 8.42 Å². The van der Waals surface area contributed by atoms with Crippen LogP contribution in [0.1, 0.15) is 35.3 Å². The van der Waals surface area contributed by atoms with Crippen molar-refractivity contribution in [1.82, 2.24) is 10.3 Å². The summed E-state index contributed by atoms with van der Waals surface area (Å²) in [5.74, 6) is -0.181. The van der Waals surface area contributed by atoms with Gasteiger partial charge in [0.25, 0.3) is 0 Å². The van der Waals surface area contributed by atoms with E-state index in [4.69, 9.17) is 0 Å². The van der Waals surface area contributed by atoms with Gasteiger partial charge in [0.05, 0.1) is 4.90 Å². The minimum absolute atomic E-state index is 0.0215. The van der Waals surface area contributed by atoms with Gasteiger partial charge in [-0.2, -0.15) is 0 Å². The Morgan fingerprint density at radius 3 is 2.54 bits per heavy atom. The van der Waals surface area contributed by atoms with Crippen molar-refractivity contribution in [2.24, 2.45) is 0 Å². The molecule has 0 unspecified atom stereocenters. The molecule has 0 spiro atoms. The molecular weight excluding hydrogens is 324 g/mol. The number of nitrogens with zero attached hydrogens (tertiary/aromatic N) is 1. The molecule has 0 saturated heterocycles. The Morgan fingerprint density at radius 2 is 1.96 bits per heavy atom. The zero-order valence-corrected chi connectivity index (χ0v) is 14.9. The highest BCUT2D eigenvalue weighted by Crippen LogP contribution is 2.29. The van der Waals surface area contributed by atoms with Gasteiger partial charge >= 0.3 is 0 Å². The summed E-state index contributed by atoms with van der Waals surface area (Å²) in [4.78, 5) is 15.9. The van der Waals surface area contributed by atoms with Gasteiger partial charge in [0.15, 0.2) is 9.84 Å². The second kappa shape index (κ2) is 7.57. The number of carbonyl (C=O) groups excluding carboxylic acids is 1. The zero-order valence-electron chi connectivity index (χ0n) is 14.1. The number of hydrogen-bond acceptors (Lipinski definition) is 4. The van der Waals surface area contributed by atoms with E-state index in [0.717, 1.165) is 11.1 Å². The molecule has 1 heterocycles. The van der Waals surface area contributed by atoms with Crippen LogP contribution in [0.3, 0.4) is 0 Å². The summed E-state index contributed by atoms with van der Waals surface area (Å²) in [5.41, 5.74) is 2.51. The SMILES string of the molecule is CCC(=O)NC[C@@H](c1cccnc1)S(=O)(=O)c1ccc(C)c(C)c1. The average molecular weight is 346 g/mol. The largest absolute Gasteiger partial charge is 0.354 e. The highest BCUT2D eigenvalue weighted by atomic mass is 32.2. The number of hydrogen-bond donors (Lipinski definition) is 1. The van der Waals surface area contributed by atoms with Crippen LogP contribution in [-0.2, 0) is 14.6 Å². The van der Waals surface area contributed by atoms with Crippen molar-refractivity contribution in [3.8, 4) is 0 Å². The van der Waals surface area contributed by atoms with Crippen molar-refractivity contribution in [2.45, 2.75) is 37.3 Å². The third-order valence-electron chi connectivity index (χ3n) is 4.04. The van der Waals surface area contributed by atoms with Crippen molar-refractivity contribution in [3.63, 3.8) is 0 Å². The molecule has 0 radical (unpaired) electrons. The van der Waals surface area contributed by atoms with Crippen molar-refractivity contribution in [1.29, 1.82) is 0 Å². The maximum absolute atomic E-state index is 13.1. The lowest BCUT2D eigenvalue weighted by atomic mass is 10.1. The Labute approximate surface area is 143 Å². The molecule has 0 aliphatic heterocycles. The Morgan fingerprint density at radius 1 is 1.21 bits per heavy atom. The summed E-state index contributed by atoms with van der Waals surface area (Å²) in [6.07, 6.45) is 3.43. The summed E-state index contributed by atoms with van der Waals surface area (Å²) in [7, 11) is -3.65. The van der Waals surface area contributed by atoms with Gasteiger partial charge in [-0.15, -0.1) is 0 Å². The van der Waals surface area contributed by atoms with Gasteiger partial charge in [0.1, 0.15) is 5.25 Å². The third-order valence-corrected chi connectivity index (χ3v) is 6.14. The fourth-order valence-electron chi connectivity index (χ4n) is 2.36. The van der Waals surface area contributed by atoms with Crippen LogP contribution in [0.15, 0.2) is 47.6 Å². The molecule has 6 heteroatoms. The standard InChI is InChI=1S/C18H22N2O3S/c1-4-18(21)20-12-17(15-6-5-9-19-11-15)24(22,23)16-8-7-13(2)14(3)10-16/h5-11,17H,4,12H2,1-3H3,(H,20,21)/t17-/m0/s1. The van der Waals surface area contributed by atoms with Gasteiger partial charge in [-0.1, -0.05) is 19.1 Å². The summed E-state index contributed by atoms with van der Waals surface area (Å²) in [6.45, 7) is 5.57. The zero-order chi connectivity index (χ0) is 17.7. The molecule has 2 rings (SSSR count). The second-order valence-electron chi connectivity index (χ2n) is 5.72. The first-order valence-corrected chi connectivity index (χ1v) is 9.38. The molecule has 24 heavy (non-hydrogen) atoms. The second-order valence-corrected chi connectivity index (χ2v) is 7.85. The number of aryl methyl sites for hydroxylation is 2. The maximum atomic E-state index is 13.1. The van der Waals surface area contributed by atoms with Crippen LogP contribution >= 0.6 is 0 Å². The Bertz CT molecular complexity index is 817. The van der Waals surface area contributed by atoms with Crippen LogP contribution in [0.2, 0.25) is 0 Å². The smallest absolute Gasteiger partial charge is 0.219 e. The third kappa shape index (κ3) is 4.00. The molecular formula is C18H22N2O3S. The molecule has 1 aromatic heterocycles. The Kier molecular flexibility index (Phi) is 5.72. The molecule has 0 aliphatic carbocycles. The number of benzene rings is 1. The molecule has 0 saturated carbocycles. The number of amides is 1. The van der Waals surface area contributed by atoms with Crippen molar-refractivity contribution in [3.05, 3.63) is 59.4 Å². The van der Waals surface area contributed by atoms with Crippen molar-refractivity contribution < 1.29 is 13.2 Å². The highest BCUT2D eigenvalue weighted by molar-refractivity contribution is 7.91. The molecule has 1 N–H and O–H groups in total. The predicted molar refractivity (Wildman–Crippen MR) is 93.4 cm³/mol. The summed E-state index contributed by atoms with van der Waals surface area (Å²) in [5, 5.41) is 1.82. The van der Waals surface area contributed by atoms with E-state index in [2.05, 4.69) is 10.3 Å². The molecule has 1 amide bonds. The highest BCUT2D eigenvalue weighted by Gasteiger charge is 2.30. The molecule has 1 atom stereocenters. The van der Waals surface area contributed by atoms with E-state index < -0.39 is 15.1 Å². The van der Waals surface area contributed by atoms with Crippen molar-refractivity contribution in [2.75, 3.05) is 6.54 Å². The van der Waals surface area contributed by atoms with E-state index in [1.54, 1.807) is 43.5 Å². The van der Waals surface area contributed by atoms with Gasteiger partial charge in [-0.05, 0) is 48.7 Å². The first kappa shape index (κ1) is 18.1. The molecule has 0 bridgehead atoms. The lowest BCUT2D eigenvalue weighted by Crippen LogP contribution is -2.31. The van der Waals surface area contributed by atoms with Crippen molar-refractivity contribution >= 4 is 15.7 Å². The fraction of sp³-hybridized carbons (Fsp3) is 0.333. The van der Waals surface area contributed by atoms with Crippen LogP contribution in [0.4, 0.5) is 0 Å². The minimum Gasteiger partial charge on any atom is -0.354 e. The van der Waals surface area contributed by atoms with E-state index in [0.29, 0.717) is 12.0 Å². The monoisotopic (exact) mass is 346 g/mol. The summed E-state index contributed by atoms with van der Waals surface area (Å²) in [6, 6.07) is 8.50. The normalized spacial score (nSPS) is 12.6. The molecule has 5 nitrogen and oxygen atoms in total. The summed E-state index contributed by atoms with van der Waals surface area (Å²) < 4.78 is 26.2. The van der Waals surface area contributed by atoms with Crippen LogP contribution in [0, 0.1) is 13.8 Å². The molecule has 0 aliphatic rings. The van der Waals surface area contributed by atoms with E-state index >= 15 is 0 Å². The number of aromatic nitrogens is 1. The Hall–Kier alpha value is -2.21. The quantitative estimate of drug-likeness (QED) is 0.872. The number of carbonyl (C=O) groups is 1. The first-order chi connectivity index (χ1) is 11.4. The lowest BCUT2D eigenvalue weighted by Gasteiger charge is -2.19. The van der Waals surface area contributed by atoms with Gasteiger partial charge in [0, 0.05) is 25.4 Å². The predicted octanol–water partition coefficient (Wildman–Crippen LogP) is 2.74. The summed E-state index contributed by atoms with van der Waals surface area (Å²) >= 11 is 0. The van der Waals surface area contributed by atoms with Crippen LogP contribution in [0.5, 0.6) is 0 Å². The van der Waals surface area contributed by atoms with E-state index in [1.165, 1.54) is 6.20 Å². The number of rotatable bonds is 6. The van der Waals surface area contributed by atoms with E-state index in [9.17, 15) is 13.2 Å². The van der Waals surface area contributed by atoms with Crippen LogP contribution in [0.25, 0.3) is 0 Å². The number of sulfone groups is 1. The molecule has 2 aromatic rings. The maximum Gasteiger partial charge on any atom is 0.219 e. The van der Waals surface area contributed by atoms with Crippen LogP contribution in [-0.4, -0.2) is 25.9 Å². The van der Waals surface area contributed by atoms with Gasteiger partial charge in [0.2, 0.25) is 5.91 Å². The Balaban J connectivity index is 2.44. The van der Waals surface area contributed by atoms with E-state index in [-0.39, 0.29) is 17.3 Å². The minimum atomic E-state index is -3.65. The van der Waals surface area contributed by atoms with Gasteiger partial charge < -0.3 is 5.32 Å². The number of nitrogens with one attached hydrogen (secondary N) is 1. The fourth-order valence-corrected chi connectivity index (χ4v) is 4.09. The molecule has 0 fully saturated rings. The average Bonchev–Trinajstić information content (AvgIpc) is 2.57. The lowest BCUT2D eigenvalue weighted by molar-refractivity contribution is -0.120. The van der Waals surface area contributed by atoms with E-state index in [1.807, 2.05) is 13.8 Å². The van der Waals surface area contributed by atoms with Gasteiger partial charge in [-0.3, -0.25) is 9.78 Å². The topological polar surface area (TPSA) is 76.1 Å². The molecule has 128 valence electrons. The molecule has 1 aromatic carbocycles. The first-order valence-electron chi connectivity index (χ1n) is 7.84. The van der Waals surface area contributed by atoms with Crippen LogP contribution < -0.4 is 5.32 Å². The number of pyridine rings is 1.